The molecule has 0 fully saturated rings. The second-order valence-corrected chi connectivity index (χ2v) is 5.22. The topological polar surface area (TPSA) is 87.2 Å². The van der Waals surface area contributed by atoms with Gasteiger partial charge in [-0.1, -0.05) is 13.0 Å². The third kappa shape index (κ3) is 2.11. The highest BCUT2D eigenvalue weighted by atomic mass is 16.5. The summed E-state index contributed by atoms with van der Waals surface area (Å²) in [6.07, 6.45) is 2.37. The number of hydrogen-bond acceptors (Lipinski definition) is 6. The maximum absolute atomic E-state index is 12.8. The molecular formula is C16H14N6O2. The van der Waals surface area contributed by atoms with E-state index in [1.807, 2.05) is 25.1 Å². The quantitative estimate of drug-likeness (QED) is 0.566. The van der Waals surface area contributed by atoms with Gasteiger partial charge in [-0.2, -0.15) is 9.50 Å². The lowest BCUT2D eigenvalue weighted by atomic mass is 10.3. The van der Waals surface area contributed by atoms with Crippen molar-refractivity contribution in [3.63, 3.8) is 0 Å². The SMILES string of the molecule is CCc1nc2nnc3c(=O)n(-c4cccc(OC)c4)ccc3n2n1. The molecule has 0 N–H and O–H groups in total. The van der Waals surface area contributed by atoms with Gasteiger partial charge in [0, 0.05) is 18.7 Å². The van der Waals surface area contributed by atoms with E-state index in [1.165, 1.54) is 4.57 Å². The van der Waals surface area contributed by atoms with Crippen molar-refractivity contribution in [3.05, 3.63) is 52.7 Å². The van der Waals surface area contributed by atoms with E-state index in [9.17, 15) is 4.79 Å². The van der Waals surface area contributed by atoms with Gasteiger partial charge in [0.25, 0.3) is 11.3 Å². The number of fused-ring (bicyclic) bond motifs is 3. The molecule has 0 saturated heterocycles. The van der Waals surface area contributed by atoms with Crippen LogP contribution in [0.4, 0.5) is 0 Å². The molecule has 0 unspecified atom stereocenters. The molecule has 4 rings (SSSR count). The summed E-state index contributed by atoms with van der Waals surface area (Å²) < 4.78 is 8.27. The van der Waals surface area contributed by atoms with Gasteiger partial charge < -0.3 is 4.74 Å². The summed E-state index contributed by atoms with van der Waals surface area (Å²) in [6.45, 7) is 1.96. The number of benzene rings is 1. The lowest BCUT2D eigenvalue weighted by molar-refractivity contribution is 0.414. The predicted octanol–water partition coefficient (Wildman–Crippen LogP) is 1.39. The van der Waals surface area contributed by atoms with Crippen LogP contribution in [-0.4, -0.2) is 36.5 Å². The van der Waals surface area contributed by atoms with Crippen LogP contribution in [0, 0.1) is 0 Å². The fourth-order valence-corrected chi connectivity index (χ4v) is 2.56. The monoisotopic (exact) mass is 322 g/mol. The molecule has 0 bridgehead atoms. The zero-order valence-corrected chi connectivity index (χ0v) is 13.2. The number of aromatic nitrogens is 6. The molecule has 4 aromatic rings. The van der Waals surface area contributed by atoms with E-state index in [0.29, 0.717) is 35.0 Å². The predicted molar refractivity (Wildman–Crippen MR) is 87.6 cm³/mol. The van der Waals surface area contributed by atoms with Gasteiger partial charge in [0.1, 0.15) is 11.3 Å². The van der Waals surface area contributed by atoms with Gasteiger partial charge >= 0.3 is 0 Å². The minimum Gasteiger partial charge on any atom is -0.497 e. The maximum atomic E-state index is 12.8. The lowest BCUT2D eigenvalue weighted by Crippen LogP contribution is -2.20. The maximum Gasteiger partial charge on any atom is 0.285 e. The normalized spacial score (nSPS) is 11.2. The first-order valence-corrected chi connectivity index (χ1v) is 7.49. The van der Waals surface area contributed by atoms with Crippen LogP contribution in [0.2, 0.25) is 0 Å². The van der Waals surface area contributed by atoms with E-state index in [2.05, 4.69) is 20.3 Å². The Hall–Kier alpha value is -3.29. The van der Waals surface area contributed by atoms with Crippen molar-refractivity contribution in [2.75, 3.05) is 7.11 Å². The number of ether oxygens (including phenoxy) is 1. The Morgan fingerprint density at radius 2 is 2.08 bits per heavy atom. The van der Waals surface area contributed by atoms with Crippen LogP contribution in [-0.2, 0) is 6.42 Å². The van der Waals surface area contributed by atoms with Crippen LogP contribution in [0.1, 0.15) is 12.7 Å². The third-order valence-electron chi connectivity index (χ3n) is 3.79. The van der Waals surface area contributed by atoms with Gasteiger partial charge in [-0.25, -0.2) is 0 Å². The largest absolute Gasteiger partial charge is 0.497 e. The molecule has 3 aromatic heterocycles. The Morgan fingerprint density at radius 3 is 2.88 bits per heavy atom. The minimum atomic E-state index is -0.274. The van der Waals surface area contributed by atoms with Crippen LogP contribution in [0.3, 0.4) is 0 Å². The van der Waals surface area contributed by atoms with Gasteiger partial charge in [0.05, 0.1) is 12.8 Å². The smallest absolute Gasteiger partial charge is 0.285 e. The molecule has 0 amide bonds. The molecule has 0 aliphatic heterocycles. The van der Waals surface area contributed by atoms with Gasteiger partial charge in [0.2, 0.25) is 0 Å². The van der Waals surface area contributed by atoms with Crippen molar-refractivity contribution in [1.82, 2.24) is 29.4 Å². The summed E-state index contributed by atoms with van der Waals surface area (Å²) in [7, 11) is 1.58. The standard InChI is InChI=1S/C16H14N6O2/c1-3-13-17-16-19-18-14-12(22(16)20-13)7-8-21(15(14)23)10-5-4-6-11(9-10)24-2/h4-9H,3H2,1-2H3. The Labute approximate surface area is 136 Å². The van der Waals surface area contributed by atoms with Gasteiger partial charge in [0.15, 0.2) is 11.3 Å². The number of pyridine rings is 1. The van der Waals surface area contributed by atoms with E-state index in [4.69, 9.17) is 4.74 Å². The number of hydrogen-bond donors (Lipinski definition) is 0. The first kappa shape index (κ1) is 14.3. The number of methoxy groups -OCH3 is 1. The zero-order chi connectivity index (χ0) is 16.7. The van der Waals surface area contributed by atoms with Crippen molar-refractivity contribution >= 4 is 16.8 Å². The molecule has 0 radical (unpaired) electrons. The highest BCUT2D eigenvalue weighted by Crippen LogP contribution is 2.16. The molecule has 0 atom stereocenters. The van der Waals surface area contributed by atoms with E-state index >= 15 is 0 Å². The van der Waals surface area contributed by atoms with E-state index < -0.39 is 0 Å². The van der Waals surface area contributed by atoms with E-state index in [0.717, 1.165) is 0 Å². The average molecular weight is 322 g/mol. The number of aryl methyl sites for hydroxylation is 1. The Morgan fingerprint density at radius 1 is 1.21 bits per heavy atom. The number of rotatable bonds is 3. The lowest BCUT2D eigenvalue weighted by Gasteiger charge is -2.08. The van der Waals surface area contributed by atoms with Crippen LogP contribution in [0.15, 0.2) is 41.3 Å². The Balaban J connectivity index is 1.98. The van der Waals surface area contributed by atoms with Crippen molar-refractivity contribution in [2.45, 2.75) is 13.3 Å². The average Bonchev–Trinajstić information content (AvgIpc) is 3.06. The van der Waals surface area contributed by atoms with Gasteiger partial charge in [-0.15, -0.1) is 15.3 Å². The van der Waals surface area contributed by atoms with Crippen LogP contribution in [0.5, 0.6) is 5.75 Å². The summed E-state index contributed by atoms with van der Waals surface area (Å²) in [6, 6.07) is 9.04. The molecular weight excluding hydrogens is 308 g/mol. The molecule has 0 aliphatic rings. The highest BCUT2D eigenvalue weighted by Gasteiger charge is 2.13. The van der Waals surface area contributed by atoms with Crippen LogP contribution in [0.25, 0.3) is 22.5 Å². The Kier molecular flexibility index (Phi) is 3.23. The fraction of sp³-hybridized carbons (Fsp3) is 0.188. The van der Waals surface area contributed by atoms with Gasteiger partial charge in [-0.3, -0.25) is 9.36 Å². The van der Waals surface area contributed by atoms with Crippen molar-refractivity contribution in [3.8, 4) is 11.4 Å². The first-order valence-electron chi connectivity index (χ1n) is 7.49. The number of nitrogens with zero attached hydrogens (tertiary/aromatic N) is 6. The van der Waals surface area contributed by atoms with E-state index in [-0.39, 0.29) is 11.1 Å². The van der Waals surface area contributed by atoms with Crippen LogP contribution < -0.4 is 10.3 Å². The van der Waals surface area contributed by atoms with Crippen molar-refractivity contribution in [2.24, 2.45) is 0 Å². The summed E-state index contributed by atoms with van der Waals surface area (Å²) in [5, 5.41) is 12.4. The molecule has 120 valence electrons. The Bertz CT molecular complexity index is 1110. The van der Waals surface area contributed by atoms with Crippen molar-refractivity contribution < 1.29 is 4.74 Å². The summed E-state index contributed by atoms with van der Waals surface area (Å²) in [5.41, 5.74) is 1.23. The van der Waals surface area contributed by atoms with E-state index in [1.54, 1.807) is 30.0 Å². The molecule has 8 heteroatoms. The fourth-order valence-electron chi connectivity index (χ4n) is 2.56. The molecule has 1 aromatic carbocycles. The second kappa shape index (κ2) is 5.41. The summed E-state index contributed by atoms with van der Waals surface area (Å²) in [5.74, 6) is 1.72. The third-order valence-corrected chi connectivity index (χ3v) is 3.79. The van der Waals surface area contributed by atoms with Crippen molar-refractivity contribution in [1.29, 1.82) is 0 Å². The molecule has 0 aliphatic carbocycles. The highest BCUT2D eigenvalue weighted by molar-refractivity contribution is 5.74. The minimum absolute atomic E-state index is 0.236. The van der Waals surface area contributed by atoms with Crippen LogP contribution >= 0.6 is 0 Å². The van der Waals surface area contributed by atoms with Gasteiger partial charge in [-0.05, 0) is 18.2 Å². The zero-order valence-electron chi connectivity index (χ0n) is 13.2. The second-order valence-electron chi connectivity index (χ2n) is 5.22. The molecule has 0 spiro atoms. The first-order chi connectivity index (χ1) is 11.7. The molecule has 8 nitrogen and oxygen atoms in total. The summed E-state index contributed by atoms with van der Waals surface area (Å²) in [4.78, 5) is 17.1. The summed E-state index contributed by atoms with van der Waals surface area (Å²) >= 11 is 0. The molecule has 24 heavy (non-hydrogen) atoms. The molecule has 3 heterocycles. The molecule has 0 saturated carbocycles.